The number of rotatable bonds is 1. The van der Waals surface area contributed by atoms with Gasteiger partial charge >= 0.3 is 0 Å². The van der Waals surface area contributed by atoms with E-state index in [1.54, 1.807) is 4.90 Å². The van der Waals surface area contributed by atoms with Crippen molar-refractivity contribution in [3.05, 3.63) is 11.6 Å². The molecule has 2 aliphatic carbocycles. The standard InChI is InChI=1S/C16H25NO5/c18-12-8-11(9-13(19)14(12)20)15(21)17-6-7-22-16(10-17)4-2-1-3-5-16/h8,12-14,18-20H,1-7,9-10H2/t12-,13-,14-/m1/s1. The number of morpholine rings is 1. The molecule has 0 bridgehead atoms. The molecule has 3 aliphatic rings. The Bertz CT molecular complexity index is 452. The molecule has 22 heavy (non-hydrogen) atoms. The minimum Gasteiger partial charge on any atom is -0.390 e. The van der Waals surface area contributed by atoms with Crippen LogP contribution in [0.2, 0.25) is 0 Å². The third-order valence-electron chi connectivity index (χ3n) is 5.12. The van der Waals surface area contributed by atoms with E-state index in [1.165, 1.54) is 12.5 Å². The molecule has 124 valence electrons. The van der Waals surface area contributed by atoms with Crippen LogP contribution in [0, 0.1) is 0 Å². The van der Waals surface area contributed by atoms with Crippen LogP contribution < -0.4 is 0 Å². The summed E-state index contributed by atoms with van der Waals surface area (Å²) in [6.07, 6.45) is 3.43. The van der Waals surface area contributed by atoms with Crippen molar-refractivity contribution < 1.29 is 24.9 Å². The number of hydrogen-bond acceptors (Lipinski definition) is 5. The van der Waals surface area contributed by atoms with Gasteiger partial charge in [0.2, 0.25) is 5.91 Å². The van der Waals surface area contributed by atoms with Crippen molar-refractivity contribution in [2.45, 2.75) is 62.4 Å². The van der Waals surface area contributed by atoms with Crippen LogP contribution in [-0.2, 0) is 9.53 Å². The molecule has 1 spiro atoms. The molecule has 3 N–H and O–H groups in total. The summed E-state index contributed by atoms with van der Waals surface area (Å²) < 4.78 is 5.98. The van der Waals surface area contributed by atoms with Gasteiger partial charge in [-0.2, -0.15) is 0 Å². The van der Waals surface area contributed by atoms with Gasteiger partial charge in [-0.05, 0) is 18.9 Å². The van der Waals surface area contributed by atoms with E-state index in [1.807, 2.05) is 0 Å². The van der Waals surface area contributed by atoms with Gasteiger partial charge in [0.25, 0.3) is 0 Å². The molecule has 2 fully saturated rings. The minimum atomic E-state index is -1.22. The molecule has 0 unspecified atom stereocenters. The van der Waals surface area contributed by atoms with Crippen LogP contribution >= 0.6 is 0 Å². The highest BCUT2D eigenvalue weighted by atomic mass is 16.5. The SMILES string of the molecule is O=C(C1=C[C@@H](O)[C@@H](O)[C@H](O)C1)N1CCOC2(CCCCC2)C1. The van der Waals surface area contributed by atoms with Crippen molar-refractivity contribution in [3.8, 4) is 0 Å². The molecule has 1 saturated carbocycles. The second-order valence-corrected chi connectivity index (χ2v) is 6.76. The number of aliphatic hydroxyl groups is 3. The Hall–Kier alpha value is -0.950. The van der Waals surface area contributed by atoms with E-state index >= 15 is 0 Å². The number of carbonyl (C=O) groups is 1. The second-order valence-electron chi connectivity index (χ2n) is 6.76. The van der Waals surface area contributed by atoms with Crippen LogP contribution in [0.3, 0.4) is 0 Å². The molecule has 6 heteroatoms. The van der Waals surface area contributed by atoms with Gasteiger partial charge in [-0.3, -0.25) is 4.79 Å². The minimum absolute atomic E-state index is 0.0847. The topological polar surface area (TPSA) is 90.2 Å². The smallest absolute Gasteiger partial charge is 0.249 e. The molecule has 1 amide bonds. The zero-order valence-corrected chi connectivity index (χ0v) is 12.8. The number of aliphatic hydroxyl groups excluding tert-OH is 3. The predicted octanol–water partition coefficient (Wildman–Crippen LogP) is -0.0391. The predicted molar refractivity (Wildman–Crippen MR) is 79.1 cm³/mol. The molecule has 0 aromatic heterocycles. The van der Waals surface area contributed by atoms with Crippen LogP contribution in [0.25, 0.3) is 0 Å². The average molecular weight is 311 g/mol. The summed E-state index contributed by atoms with van der Waals surface area (Å²) in [6.45, 7) is 1.65. The normalized spacial score (nSPS) is 35.3. The average Bonchev–Trinajstić information content (AvgIpc) is 2.52. The van der Waals surface area contributed by atoms with Crippen LogP contribution in [0.5, 0.6) is 0 Å². The molecule has 3 atom stereocenters. The van der Waals surface area contributed by atoms with E-state index in [2.05, 4.69) is 0 Å². The van der Waals surface area contributed by atoms with E-state index in [4.69, 9.17) is 4.74 Å². The van der Waals surface area contributed by atoms with E-state index < -0.39 is 18.3 Å². The molecule has 0 aromatic rings. The highest BCUT2D eigenvalue weighted by Gasteiger charge is 2.41. The third-order valence-corrected chi connectivity index (χ3v) is 5.12. The van der Waals surface area contributed by atoms with E-state index in [0.717, 1.165) is 25.7 Å². The van der Waals surface area contributed by atoms with Gasteiger partial charge in [-0.1, -0.05) is 19.3 Å². The molecule has 6 nitrogen and oxygen atoms in total. The lowest BCUT2D eigenvalue weighted by molar-refractivity contribution is -0.154. The van der Waals surface area contributed by atoms with Crippen LogP contribution in [0.1, 0.15) is 38.5 Å². The quantitative estimate of drug-likeness (QED) is 0.632. The third kappa shape index (κ3) is 3.06. The van der Waals surface area contributed by atoms with Gasteiger partial charge in [0.1, 0.15) is 12.2 Å². The van der Waals surface area contributed by atoms with Crippen molar-refractivity contribution in [1.29, 1.82) is 0 Å². The van der Waals surface area contributed by atoms with Crippen molar-refractivity contribution in [2.24, 2.45) is 0 Å². The largest absolute Gasteiger partial charge is 0.390 e. The maximum absolute atomic E-state index is 12.7. The number of amides is 1. The molecule has 0 radical (unpaired) electrons. The summed E-state index contributed by atoms with van der Waals surface area (Å²) in [6, 6.07) is 0. The molecular weight excluding hydrogens is 286 g/mol. The summed E-state index contributed by atoms with van der Waals surface area (Å²) in [5, 5.41) is 29.1. The van der Waals surface area contributed by atoms with E-state index in [0.29, 0.717) is 25.3 Å². The summed E-state index contributed by atoms with van der Waals surface area (Å²) in [5.74, 6) is -0.154. The zero-order chi connectivity index (χ0) is 15.7. The van der Waals surface area contributed by atoms with Gasteiger partial charge in [0.15, 0.2) is 0 Å². The van der Waals surface area contributed by atoms with Gasteiger partial charge in [0.05, 0.1) is 24.9 Å². The van der Waals surface area contributed by atoms with Crippen LogP contribution in [0.4, 0.5) is 0 Å². The maximum atomic E-state index is 12.7. The van der Waals surface area contributed by atoms with Crippen molar-refractivity contribution >= 4 is 5.91 Å². The fourth-order valence-corrected chi connectivity index (χ4v) is 3.82. The lowest BCUT2D eigenvalue weighted by Gasteiger charge is -2.45. The highest BCUT2D eigenvalue weighted by molar-refractivity contribution is 5.94. The Morgan fingerprint density at radius 1 is 1.23 bits per heavy atom. The first-order valence-corrected chi connectivity index (χ1v) is 8.19. The van der Waals surface area contributed by atoms with Gasteiger partial charge < -0.3 is 25.0 Å². The Morgan fingerprint density at radius 3 is 2.64 bits per heavy atom. The first-order chi connectivity index (χ1) is 10.5. The monoisotopic (exact) mass is 311 g/mol. The van der Waals surface area contributed by atoms with Crippen molar-refractivity contribution in [3.63, 3.8) is 0 Å². The fraction of sp³-hybridized carbons (Fsp3) is 0.812. The summed E-state index contributed by atoms with van der Waals surface area (Å²) in [7, 11) is 0. The highest BCUT2D eigenvalue weighted by Crippen LogP contribution is 2.35. The molecule has 1 saturated heterocycles. The van der Waals surface area contributed by atoms with Crippen LogP contribution in [0.15, 0.2) is 11.6 Å². The molecule has 0 aromatic carbocycles. The Balaban J connectivity index is 1.70. The summed E-state index contributed by atoms with van der Waals surface area (Å²) in [4.78, 5) is 14.5. The first-order valence-electron chi connectivity index (χ1n) is 8.19. The Morgan fingerprint density at radius 2 is 1.95 bits per heavy atom. The van der Waals surface area contributed by atoms with Gasteiger partial charge in [-0.25, -0.2) is 0 Å². The van der Waals surface area contributed by atoms with Crippen molar-refractivity contribution in [1.82, 2.24) is 4.90 Å². The summed E-state index contributed by atoms with van der Waals surface area (Å²) in [5.41, 5.74) is 0.177. The number of carbonyl (C=O) groups excluding carboxylic acids is 1. The molecule has 1 aliphatic heterocycles. The fourth-order valence-electron chi connectivity index (χ4n) is 3.82. The maximum Gasteiger partial charge on any atom is 0.249 e. The lowest BCUT2D eigenvalue weighted by Crippen LogP contribution is -2.55. The van der Waals surface area contributed by atoms with Crippen LogP contribution in [-0.4, -0.2) is 69.7 Å². The molecular formula is C16H25NO5. The molecule has 1 heterocycles. The second kappa shape index (κ2) is 6.28. The lowest BCUT2D eigenvalue weighted by atomic mass is 9.83. The zero-order valence-electron chi connectivity index (χ0n) is 12.8. The van der Waals surface area contributed by atoms with E-state index in [-0.39, 0.29) is 17.9 Å². The number of nitrogens with zero attached hydrogens (tertiary/aromatic N) is 1. The Kier molecular flexibility index (Phi) is 4.54. The molecule has 3 rings (SSSR count). The first kappa shape index (κ1) is 15.9. The summed E-state index contributed by atoms with van der Waals surface area (Å²) >= 11 is 0. The van der Waals surface area contributed by atoms with E-state index in [9.17, 15) is 20.1 Å². The van der Waals surface area contributed by atoms with Crippen molar-refractivity contribution in [2.75, 3.05) is 19.7 Å². The number of ether oxygens (including phenoxy) is 1. The van der Waals surface area contributed by atoms with Gasteiger partial charge in [-0.15, -0.1) is 0 Å². The van der Waals surface area contributed by atoms with Gasteiger partial charge in [0, 0.05) is 18.5 Å². The number of hydrogen-bond donors (Lipinski definition) is 3. The Labute approximate surface area is 130 Å².